The summed E-state index contributed by atoms with van der Waals surface area (Å²) in [4.78, 5) is 15.6. The standard InChI is InChI=1S/C18H18N2O2/c1-3-12(2)13-4-6-14(7-5-13)16-11-20-10-15(18(21)22)8-9-17(20)19-16/h4-12H,3H2,1-2H3,(H,21,22). The summed E-state index contributed by atoms with van der Waals surface area (Å²) in [5, 5.41) is 9.04. The number of hydrogen-bond donors (Lipinski definition) is 1. The van der Waals surface area contributed by atoms with Gasteiger partial charge in [0.15, 0.2) is 0 Å². The van der Waals surface area contributed by atoms with Crippen LogP contribution in [0, 0.1) is 0 Å². The lowest BCUT2D eigenvalue weighted by Crippen LogP contribution is -1.97. The Bertz CT molecular complexity index is 819. The predicted molar refractivity (Wildman–Crippen MR) is 86.3 cm³/mol. The third-order valence-electron chi connectivity index (χ3n) is 4.09. The van der Waals surface area contributed by atoms with Gasteiger partial charge in [-0.25, -0.2) is 9.78 Å². The molecule has 4 heteroatoms. The molecule has 0 bridgehead atoms. The molecule has 3 rings (SSSR count). The summed E-state index contributed by atoms with van der Waals surface area (Å²) in [6, 6.07) is 11.7. The largest absolute Gasteiger partial charge is 0.478 e. The maximum Gasteiger partial charge on any atom is 0.337 e. The Morgan fingerprint density at radius 1 is 1.18 bits per heavy atom. The lowest BCUT2D eigenvalue weighted by Gasteiger charge is -2.08. The maximum atomic E-state index is 11.0. The predicted octanol–water partition coefficient (Wildman–Crippen LogP) is 4.21. The molecule has 1 atom stereocenters. The van der Waals surface area contributed by atoms with Crippen molar-refractivity contribution in [3.05, 3.63) is 59.9 Å². The van der Waals surface area contributed by atoms with E-state index in [1.54, 1.807) is 22.7 Å². The second-order valence-corrected chi connectivity index (χ2v) is 5.55. The average molecular weight is 294 g/mol. The van der Waals surface area contributed by atoms with Crippen molar-refractivity contribution in [2.24, 2.45) is 0 Å². The van der Waals surface area contributed by atoms with Gasteiger partial charge in [0.2, 0.25) is 0 Å². The lowest BCUT2D eigenvalue weighted by molar-refractivity contribution is 0.0696. The van der Waals surface area contributed by atoms with Crippen molar-refractivity contribution in [3.63, 3.8) is 0 Å². The molecule has 112 valence electrons. The number of imidazole rings is 1. The van der Waals surface area contributed by atoms with Crippen LogP contribution in [0.1, 0.15) is 42.1 Å². The second-order valence-electron chi connectivity index (χ2n) is 5.55. The molecule has 0 amide bonds. The minimum absolute atomic E-state index is 0.253. The zero-order valence-corrected chi connectivity index (χ0v) is 12.7. The summed E-state index contributed by atoms with van der Waals surface area (Å²) in [5.74, 6) is -0.386. The van der Waals surface area contributed by atoms with Crippen LogP contribution in [0.3, 0.4) is 0 Å². The number of carboxylic acid groups (broad SMARTS) is 1. The minimum Gasteiger partial charge on any atom is -0.478 e. The minimum atomic E-state index is -0.935. The molecule has 0 saturated heterocycles. The van der Waals surface area contributed by atoms with Crippen molar-refractivity contribution in [2.45, 2.75) is 26.2 Å². The van der Waals surface area contributed by atoms with Crippen LogP contribution < -0.4 is 0 Å². The highest BCUT2D eigenvalue weighted by Gasteiger charge is 2.09. The molecule has 0 aliphatic heterocycles. The molecule has 0 spiro atoms. The summed E-state index contributed by atoms with van der Waals surface area (Å²) < 4.78 is 1.75. The summed E-state index contributed by atoms with van der Waals surface area (Å²) in [6.45, 7) is 4.40. The monoisotopic (exact) mass is 294 g/mol. The molecule has 22 heavy (non-hydrogen) atoms. The number of benzene rings is 1. The van der Waals surface area contributed by atoms with E-state index < -0.39 is 5.97 Å². The number of fused-ring (bicyclic) bond motifs is 1. The van der Waals surface area contributed by atoms with Crippen LogP contribution in [0.2, 0.25) is 0 Å². The number of pyridine rings is 1. The Balaban J connectivity index is 1.97. The third kappa shape index (κ3) is 2.60. The Labute approximate surface area is 129 Å². The van der Waals surface area contributed by atoms with Gasteiger partial charge in [0.25, 0.3) is 0 Å². The van der Waals surface area contributed by atoms with Crippen molar-refractivity contribution < 1.29 is 9.90 Å². The van der Waals surface area contributed by atoms with E-state index in [0.717, 1.165) is 23.3 Å². The molecule has 4 nitrogen and oxygen atoms in total. The van der Waals surface area contributed by atoms with Crippen LogP contribution in [-0.4, -0.2) is 20.5 Å². The van der Waals surface area contributed by atoms with E-state index in [1.165, 1.54) is 5.56 Å². The van der Waals surface area contributed by atoms with Gasteiger partial charge in [-0.1, -0.05) is 38.1 Å². The Morgan fingerprint density at radius 2 is 1.91 bits per heavy atom. The number of aromatic nitrogens is 2. The van der Waals surface area contributed by atoms with E-state index in [9.17, 15) is 4.79 Å². The van der Waals surface area contributed by atoms with E-state index in [1.807, 2.05) is 6.20 Å². The first-order valence-electron chi connectivity index (χ1n) is 7.41. The molecule has 1 N–H and O–H groups in total. The number of nitrogens with zero attached hydrogens (tertiary/aromatic N) is 2. The first-order chi connectivity index (χ1) is 10.6. The Kier molecular flexibility index (Phi) is 3.67. The van der Waals surface area contributed by atoms with Gasteiger partial charge in [0, 0.05) is 18.0 Å². The van der Waals surface area contributed by atoms with Crippen LogP contribution in [0.25, 0.3) is 16.9 Å². The molecular weight excluding hydrogens is 276 g/mol. The van der Waals surface area contributed by atoms with Crippen LogP contribution in [0.15, 0.2) is 48.8 Å². The first kappa shape index (κ1) is 14.3. The normalized spacial score (nSPS) is 12.5. The zero-order valence-electron chi connectivity index (χ0n) is 12.7. The number of hydrogen-bond acceptors (Lipinski definition) is 2. The van der Waals surface area contributed by atoms with Gasteiger partial charge in [-0.2, -0.15) is 0 Å². The van der Waals surface area contributed by atoms with Gasteiger partial charge in [-0.15, -0.1) is 0 Å². The highest BCUT2D eigenvalue weighted by molar-refractivity contribution is 5.87. The Morgan fingerprint density at radius 3 is 2.55 bits per heavy atom. The molecule has 0 saturated carbocycles. The number of carboxylic acids is 1. The number of aromatic carboxylic acids is 1. The van der Waals surface area contributed by atoms with Crippen molar-refractivity contribution in [1.82, 2.24) is 9.38 Å². The molecule has 2 heterocycles. The van der Waals surface area contributed by atoms with Gasteiger partial charge in [-0.3, -0.25) is 0 Å². The zero-order chi connectivity index (χ0) is 15.7. The van der Waals surface area contributed by atoms with Crippen LogP contribution >= 0.6 is 0 Å². The SMILES string of the molecule is CCC(C)c1ccc(-c2cn3cc(C(=O)O)ccc3n2)cc1. The topological polar surface area (TPSA) is 54.6 Å². The van der Waals surface area contributed by atoms with E-state index in [2.05, 4.69) is 43.1 Å². The number of carbonyl (C=O) groups is 1. The molecular formula is C18H18N2O2. The van der Waals surface area contributed by atoms with E-state index in [4.69, 9.17) is 5.11 Å². The van der Waals surface area contributed by atoms with E-state index >= 15 is 0 Å². The molecule has 1 aromatic carbocycles. The van der Waals surface area contributed by atoms with Crippen LogP contribution in [0.5, 0.6) is 0 Å². The van der Waals surface area contributed by atoms with Gasteiger partial charge in [-0.05, 0) is 30.0 Å². The van der Waals surface area contributed by atoms with Crippen LogP contribution in [-0.2, 0) is 0 Å². The molecule has 0 fully saturated rings. The molecule has 0 aliphatic rings. The molecule has 0 aliphatic carbocycles. The smallest absolute Gasteiger partial charge is 0.337 e. The highest BCUT2D eigenvalue weighted by Crippen LogP contribution is 2.24. The van der Waals surface area contributed by atoms with E-state index in [-0.39, 0.29) is 5.56 Å². The lowest BCUT2D eigenvalue weighted by atomic mass is 9.97. The fourth-order valence-electron chi connectivity index (χ4n) is 2.48. The second kappa shape index (κ2) is 5.64. The van der Waals surface area contributed by atoms with Gasteiger partial charge in [0.05, 0.1) is 11.3 Å². The molecule has 1 unspecified atom stereocenters. The fraction of sp³-hybridized carbons (Fsp3) is 0.222. The summed E-state index contributed by atoms with van der Waals surface area (Å²) >= 11 is 0. The maximum absolute atomic E-state index is 11.0. The summed E-state index contributed by atoms with van der Waals surface area (Å²) in [5.41, 5.74) is 4.20. The summed E-state index contributed by atoms with van der Waals surface area (Å²) in [6.07, 6.45) is 4.56. The van der Waals surface area contributed by atoms with Crippen molar-refractivity contribution >= 4 is 11.6 Å². The van der Waals surface area contributed by atoms with Crippen molar-refractivity contribution in [2.75, 3.05) is 0 Å². The Hall–Kier alpha value is -2.62. The van der Waals surface area contributed by atoms with Gasteiger partial charge >= 0.3 is 5.97 Å². The molecule has 0 radical (unpaired) electrons. The van der Waals surface area contributed by atoms with Crippen molar-refractivity contribution in [1.29, 1.82) is 0 Å². The quantitative estimate of drug-likeness (QED) is 0.784. The fourth-order valence-corrected chi connectivity index (χ4v) is 2.48. The van der Waals surface area contributed by atoms with Gasteiger partial charge < -0.3 is 9.51 Å². The van der Waals surface area contributed by atoms with Crippen molar-refractivity contribution in [3.8, 4) is 11.3 Å². The van der Waals surface area contributed by atoms with Gasteiger partial charge in [0.1, 0.15) is 5.65 Å². The average Bonchev–Trinajstić information content (AvgIpc) is 2.97. The number of rotatable bonds is 4. The van der Waals surface area contributed by atoms with Crippen LogP contribution in [0.4, 0.5) is 0 Å². The molecule has 2 aromatic heterocycles. The highest BCUT2D eigenvalue weighted by atomic mass is 16.4. The summed E-state index contributed by atoms with van der Waals surface area (Å²) in [7, 11) is 0. The third-order valence-corrected chi connectivity index (χ3v) is 4.09. The van der Waals surface area contributed by atoms with E-state index in [0.29, 0.717) is 5.92 Å². The first-order valence-corrected chi connectivity index (χ1v) is 7.41. The molecule has 3 aromatic rings.